The van der Waals surface area contributed by atoms with Crippen LogP contribution in [-0.2, 0) is 17.8 Å². The van der Waals surface area contributed by atoms with E-state index in [2.05, 4.69) is 58.6 Å². The largest absolute Gasteiger partial charge is 0.316 e. The molecule has 0 saturated carbocycles. The zero-order chi connectivity index (χ0) is 23.2. The Hall–Kier alpha value is -2.76. The van der Waals surface area contributed by atoms with Crippen LogP contribution in [0.4, 0.5) is 0 Å². The first-order valence-corrected chi connectivity index (χ1v) is 12.9. The molecule has 0 spiro atoms. The number of benzene rings is 3. The van der Waals surface area contributed by atoms with Gasteiger partial charge in [0.15, 0.2) is 4.80 Å². The van der Waals surface area contributed by atoms with E-state index in [1.165, 1.54) is 10.6 Å². The minimum Gasteiger partial charge on any atom is -0.316 e. The van der Waals surface area contributed by atoms with Gasteiger partial charge in [-0.05, 0) is 42.2 Å². The number of hydrogen-bond donors (Lipinski definition) is 0. The van der Waals surface area contributed by atoms with Gasteiger partial charge in [-0.25, -0.2) is 0 Å². The van der Waals surface area contributed by atoms with Gasteiger partial charge < -0.3 is 4.57 Å². The molecule has 0 aliphatic rings. The fourth-order valence-corrected chi connectivity index (χ4v) is 5.67. The molecule has 0 aliphatic heterocycles. The molecule has 0 aliphatic carbocycles. The summed E-state index contributed by atoms with van der Waals surface area (Å²) in [6.07, 6.45) is 2.00. The molecule has 0 unspecified atom stereocenters. The molecule has 1 heterocycles. The summed E-state index contributed by atoms with van der Waals surface area (Å²) >= 11 is 5.17. The molecule has 3 nitrogen and oxygen atoms in total. The van der Waals surface area contributed by atoms with Crippen LogP contribution in [0.5, 0.6) is 0 Å². The van der Waals surface area contributed by atoms with Gasteiger partial charge in [0.25, 0.3) is 5.91 Å². The van der Waals surface area contributed by atoms with Crippen molar-refractivity contribution in [3.05, 3.63) is 110 Å². The van der Waals surface area contributed by atoms with E-state index in [0.717, 1.165) is 45.4 Å². The van der Waals surface area contributed by atoms with Crippen LogP contribution < -0.4 is 4.80 Å². The smallest absolute Gasteiger partial charge is 0.260 e. The van der Waals surface area contributed by atoms with Crippen molar-refractivity contribution >= 4 is 33.2 Å². The molecule has 1 aromatic heterocycles. The highest BCUT2D eigenvalue weighted by Gasteiger charge is 2.23. The Morgan fingerprint density at radius 1 is 0.909 bits per heavy atom. The van der Waals surface area contributed by atoms with E-state index in [9.17, 15) is 4.79 Å². The summed E-state index contributed by atoms with van der Waals surface area (Å²) in [5.41, 5.74) is 4.23. The van der Waals surface area contributed by atoms with E-state index >= 15 is 0 Å². The van der Waals surface area contributed by atoms with E-state index in [-0.39, 0.29) is 5.91 Å². The van der Waals surface area contributed by atoms with E-state index in [4.69, 9.17) is 4.99 Å². The zero-order valence-corrected chi connectivity index (χ0v) is 21.3. The third-order valence-electron chi connectivity index (χ3n) is 5.61. The molecule has 0 radical (unpaired) electrons. The van der Waals surface area contributed by atoms with Crippen LogP contribution in [0.1, 0.15) is 42.2 Å². The lowest BCUT2D eigenvalue weighted by Gasteiger charge is -2.14. The first kappa shape index (κ1) is 23.4. The van der Waals surface area contributed by atoms with Crippen LogP contribution in [0.2, 0.25) is 0 Å². The summed E-state index contributed by atoms with van der Waals surface area (Å²) in [7, 11) is 0. The van der Waals surface area contributed by atoms with Gasteiger partial charge in [-0.3, -0.25) is 4.79 Å². The maximum atomic E-state index is 13.7. The van der Waals surface area contributed by atoms with Crippen molar-refractivity contribution in [2.24, 2.45) is 4.99 Å². The van der Waals surface area contributed by atoms with Crippen LogP contribution in [0, 0.1) is 0 Å². The number of hydrogen-bond acceptors (Lipinski definition) is 2. The Bertz CT molecular complexity index is 1240. The van der Waals surface area contributed by atoms with E-state index in [0.29, 0.717) is 0 Å². The summed E-state index contributed by atoms with van der Waals surface area (Å²) in [6.45, 7) is 5.05. The van der Waals surface area contributed by atoms with Crippen LogP contribution in [-0.4, -0.2) is 10.5 Å². The number of carbonyl (C=O) groups is 1. The molecule has 0 bridgehead atoms. The average molecular weight is 520 g/mol. The second-order valence-corrected chi connectivity index (χ2v) is 9.84. The van der Waals surface area contributed by atoms with Gasteiger partial charge in [0.1, 0.15) is 0 Å². The minimum atomic E-state index is -0.425. The molecular weight excluding hydrogens is 492 g/mol. The first-order valence-electron chi connectivity index (χ1n) is 11.3. The number of carbonyl (C=O) groups excluding carboxylic acids is 1. The number of nitrogens with zero attached hydrogens (tertiary/aromatic N) is 2. The lowest BCUT2D eigenvalue weighted by Crippen LogP contribution is -2.20. The predicted molar refractivity (Wildman–Crippen MR) is 140 cm³/mol. The van der Waals surface area contributed by atoms with Crippen molar-refractivity contribution in [1.82, 2.24) is 4.57 Å². The summed E-state index contributed by atoms with van der Waals surface area (Å²) < 4.78 is 3.24. The van der Waals surface area contributed by atoms with Crippen molar-refractivity contribution in [1.29, 1.82) is 0 Å². The van der Waals surface area contributed by atoms with Gasteiger partial charge in [-0.2, -0.15) is 4.99 Å². The maximum Gasteiger partial charge on any atom is 0.260 e. The van der Waals surface area contributed by atoms with Gasteiger partial charge in [0, 0.05) is 15.9 Å². The maximum absolute atomic E-state index is 13.7. The average Bonchev–Trinajstić information content (AvgIpc) is 3.18. The van der Waals surface area contributed by atoms with Gasteiger partial charge in [-0.1, -0.05) is 102 Å². The Morgan fingerprint density at radius 2 is 1.48 bits per heavy atom. The second-order valence-electron chi connectivity index (χ2n) is 7.86. The van der Waals surface area contributed by atoms with Gasteiger partial charge >= 0.3 is 0 Å². The molecule has 0 N–H and O–H groups in total. The van der Waals surface area contributed by atoms with Crippen molar-refractivity contribution in [2.45, 2.75) is 39.2 Å². The van der Waals surface area contributed by atoms with Gasteiger partial charge in [-0.15, -0.1) is 11.3 Å². The van der Waals surface area contributed by atoms with Crippen molar-refractivity contribution < 1.29 is 4.79 Å². The number of rotatable bonds is 7. The van der Waals surface area contributed by atoms with Crippen LogP contribution in [0.15, 0.2) is 94.4 Å². The van der Waals surface area contributed by atoms with Crippen LogP contribution >= 0.6 is 27.3 Å². The third kappa shape index (κ3) is 5.26. The molecule has 0 fully saturated rings. The van der Waals surface area contributed by atoms with E-state index < -0.39 is 5.92 Å². The highest BCUT2D eigenvalue weighted by molar-refractivity contribution is 9.10. The Morgan fingerprint density at radius 3 is 2.00 bits per heavy atom. The lowest BCUT2D eigenvalue weighted by atomic mass is 9.91. The highest BCUT2D eigenvalue weighted by Crippen LogP contribution is 2.30. The van der Waals surface area contributed by atoms with Crippen molar-refractivity contribution in [3.63, 3.8) is 0 Å². The minimum absolute atomic E-state index is 0.138. The molecule has 0 saturated heterocycles. The number of aryl methyl sites for hydroxylation is 1. The van der Waals surface area contributed by atoms with Crippen molar-refractivity contribution in [3.8, 4) is 11.3 Å². The number of halogens is 1. The molecule has 3 aromatic carbocycles. The SMILES string of the molecule is CCCc1sc(=NC(=O)C(c2ccccc2)c2ccccc2)n(CC)c1-c1ccc(Br)cc1. The molecular formula is C28H27BrN2OS. The number of aromatic nitrogens is 1. The van der Waals surface area contributed by atoms with Crippen LogP contribution in [0.25, 0.3) is 11.3 Å². The quantitative estimate of drug-likeness (QED) is 0.254. The molecule has 0 atom stereocenters. The predicted octanol–water partition coefficient (Wildman–Crippen LogP) is 7.21. The molecule has 4 rings (SSSR count). The third-order valence-corrected chi connectivity index (χ3v) is 7.28. The Labute approximate surface area is 207 Å². The highest BCUT2D eigenvalue weighted by atomic mass is 79.9. The van der Waals surface area contributed by atoms with E-state index in [1.807, 2.05) is 60.7 Å². The normalized spacial score (nSPS) is 11.8. The monoisotopic (exact) mass is 518 g/mol. The van der Waals surface area contributed by atoms with Crippen molar-refractivity contribution in [2.75, 3.05) is 0 Å². The topological polar surface area (TPSA) is 34.4 Å². The lowest BCUT2D eigenvalue weighted by molar-refractivity contribution is -0.118. The second kappa shape index (κ2) is 10.9. The Balaban J connectivity index is 1.85. The summed E-state index contributed by atoms with van der Waals surface area (Å²) in [6, 6.07) is 28.2. The zero-order valence-electron chi connectivity index (χ0n) is 18.9. The van der Waals surface area contributed by atoms with Crippen LogP contribution in [0.3, 0.4) is 0 Å². The summed E-state index contributed by atoms with van der Waals surface area (Å²) in [5.74, 6) is -0.563. The number of thiazole rings is 1. The first-order chi connectivity index (χ1) is 16.1. The molecule has 1 amide bonds. The summed E-state index contributed by atoms with van der Waals surface area (Å²) in [4.78, 5) is 20.4. The van der Waals surface area contributed by atoms with Gasteiger partial charge in [0.2, 0.25) is 0 Å². The molecule has 4 aromatic rings. The summed E-state index contributed by atoms with van der Waals surface area (Å²) in [5, 5.41) is 0. The fourth-order valence-electron chi connectivity index (χ4n) is 4.08. The molecule has 168 valence electrons. The Kier molecular flexibility index (Phi) is 7.73. The van der Waals surface area contributed by atoms with E-state index in [1.54, 1.807) is 11.3 Å². The van der Waals surface area contributed by atoms with Gasteiger partial charge in [0.05, 0.1) is 11.6 Å². The molecule has 33 heavy (non-hydrogen) atoms. The number of amides is 1. The molecule has 5 heteroatoms. The fraction of sp³-hybridized carbons (Fsp3) is 0.214. The standard InChI is InChI=1S/C28H27BrN2OS/c1-3-11-24-26(22-16-18-23(29)19-17-22)31(4-2)28(33-24)30-27(32)25(20-12-7-5-8-13-20)21-14-9-6-10-15-21/h5-10,12-19,25H,3-4,11H2,1-2H3.